The fourth-order valence-electron chi connectivity index (χ4n) is 4.12. The summed E-state index contributed by atoms with van der Waals surface area (Å²) in [5.41, 5.74) is 4.10. The van der Waals surface area contributed by atoms with Crippen molar-refractivity contribution in [2.75, 3.05) is 18.8 Å². The molecule has 0 N–H and O–H groups in total. The molecule has 166 valence electrons. The van der Waals surface area contributed by atoms with Gasteiger partial charge in [-0.2, -0.15) is 0 Å². The molecule has 1 fully saturated rings. The summed E-state index contributed by atoms with van der Waals surface area (Å²) in [7, 11) is 0. The number of benzene rings is 2. The summed E-state index contributed by atoms with van der Waals surface area (Å²) in [6.45, 7) is 7.28. The van der Waals surface area contributed by atoms with Gasteiger partial charge in [-0.3, -0.25) is 14.2 Å². The van der Waals surface area contributed by atoms with Crippen molar-refractivity contribution in [3.8, 4) is 5.69 Å². The van der Waals surface area contributed by atoms with Gasteiger partial charge in [0.05, 0.1) is 11.4 Å². The van der Waals surface area contributed by atoms with Crippen LogP contribution in [0.3, 0.4) is 0 Å². The zero-order chi connectivity index (χ0) is 22.7. The van der Waals surface area contributed by atoms with Crippen LogP contribution in [0.1, 0.15) is 40.2 Å². The van der Waals surface area contributed by atoms with E-state index in [-0.39, 0.29) is 17.6 Å². The van der Waals surface area contributed by atoms with Gasteiger partial charge in [0.15, 0.2) is 10.9 Å². The number of likely N-dealkylation sites (tertiary alicyclic amines) is 1. The van der Waals surface area contributed by atoms with Crippen LogP contribution in [-0.2, 0) is 4.79 Å². The lowest BCUT2D eigenvalue weighted by Crippen LogP contribution is -2.41. The van der Waals surface area contributed by atoms with Gasteiger partial charge in [-0.05, 0) is 50.8 Å². The van der Waals surface area contributed by atoms with Gasteiger partial charge in [-0.15, -0.1) is 10.2 Å². The Kier molecular flexibility index (Phi) is 6.74. The number of hydrogen-bond acceptors (Lipinski definition) is 5. The molecule has 2 heterocycles. The molecule has 0 saturated carbocycles. The van der Waals surface area contributed by atoms with Gasteiger partial charge in [0.2, 0.25) is 5.91 Å². The minimum absolute atomic E-state index is 0.0100. The van der Waals surface area contributed by atoms with Gasteiger partial charge < -0.3 is 4.90 Å². The Morgan fingerprint density at radius 3 is 2.44 bits per heavy atom. The maximum absolute atomic E-state index is 12.9. The second-order valence-electron chi connectivity index (χ2n) is 8.33. The summed E-state index contributed by atoms with van der Waals surface area (Å²) in [5.74, 6) is 1.36. The van der Waals surface area contributed by atoms with E-state index in [4.69, 9.17) is 0 Å². The molecule has 0 unspecified atom stereocenters. The third-order valence-corrected chi connectivity index (χ3v) is 6.92. The highest BCUT2D eigenvalue weighted by Gasteiger charge is 2.28. The summed E-state index contributed by atoms with van der Waals surface area (Å²) in [4.78, 5) is 27.4. The highest BCUT2D eigenvalue weighted by molar-refractivity contribution is 7.99. The van der Waals surface area contributed by atoms with Gasteiger partial charge in [-0.25, -0.2) is 0 Å². The maximum atomic E-state index is 12.9. The van der Waals surface area contributed by atoms with Crippen molar-refractivity contribution in [1.82, 2.24) is 19.7 Å². The van der Waals surface area contributed by atoms with Crippen LogP contribution in [0.15, 0.2) is 53.7 Å². The summed E-state index contributed by atoms with van der Waals surface area (Å²) in [6, 6.07) is 15.7. The minimum atomic E-state index is -0.0100. The van der Waals surface area contributed by atoms with Crippen molar-refractivity contribution in [3.63, 3.8) is 0 Å². The summed E-state index contributed by atoms with van der Waals surface area (Å²) >= 11 is 1.41. The van der Waals surface area contributed by atoms with Gasteiger partial charge in [-0.1, -0.05) is 54.2 Å². The lowest BCUT2D eigenvalue weighted by Gasteiger charge is -2.31. The van der Waals surface area contributed by atoms with E-state index in [0.29, 0.717) is 31.7 Å². The lowest BCUT2D eigenvalue weighted by molar-refractivity contribution is -0.129. The Balaban J connectivity index is 1.36. The summed E-state index contributed by atoms with van der Waals surface area (Å²) in [6.07, 6.45) is 1.42. The van der Waals surface area contributed by atoms with E-state index in [1.165, 1.54) is 17.3 Å². The Morgan fingerprint density at radius 1 is 1.00 bits per heavy atom. The number of aromatic nitrogens is 3. The number of amides is 1. The molecule has 1 aliphatic rings. The van der Waals surface area contributed by atoms with Crippen LogP contribution in [0.2, 0.25) is 0 Å². The first kappa shape index (κ1) is 22.3. The van der Waals surface area contributed by atoms with E-state index >= 15 is 0 Å². The molecule has 0 spiro atoms. The van der Waals surface area contributed by atoms with E-state index < -0.39 is 0 Å². The smallest absolute Gasteiger partial charge is 0.233 e. The summed E-state index contributed by atoms with van der Waals surface area (Å²) in [5, 5.41) is 9.27. The number of piperidine rings is 1. The number of thioether (sulfide) groups is 1. The van der Waals surface area contributed by atoms with Gasteiger partial charge in [0.25, 0.3) is 0 Å². The predicted molar refractivity (Wildman–Crippen MR) is 126 cm³/mol. The second-order valence-corrected chi connectivity index (χ2v) is 9.27. The Labute approximate surface area is 193 Å². The molecule has 4 rings (SSSR count). The fraction of sp³-hybridized carbons (Fsp3) is 0.360. The molecule has 0 atom stereocenters. The minimum Gasteiger partial charge on any atom is -0.342 e. The van der Waals surface area contributed by atoms with E-state index in [1.807, 2.05) is 46.7 Å². The van der Waals surface area contributed by atoms with Crippen LogP contribution in [0.25, 0.3) is 5.69 Å². The molecular formula is C25H28N4O2S. The molecule has 0 radical (unpaired) electrons. The average molecular weight is 449 g/mol. The van der Waals surface area contributed by atoms with Crippen molar-refractivity contribution in [3.05, 3.63) is 71.0 Å². The summed E-state index contributed by atoms with van der Waals surface area (Å²) < 4.78 is 2.02. The number of aryl methyl sites for hydroxylation is 3. The molecule has 6 nitrogen and oxygen atoms in total. The quantitative estimate of drug-likeness (QED) is 0.413. The standard InChI is InChI=1S/C25H28N4O2S/c1-17-9-10-18(2)22(15-17)29-19(3)26-27-25(29)32-16-23(30)28-13-11-21(12-14-28)24(31)20-7-5-4-6-8-20/h4-10,15,21H,11-14,16H2,1-3H3. The lowest BCUT2D eigenvalue weighted by atomic mass is 9.89. The van der Waals surface area contributed by atoms with E-state index in [1.54, 1.807) is 0 Å². The molecule has 3 aromatic rings. The van der Waals surface area contributed by atoms with E-state index in [2.05, 4.69) is 42.2 Å². The SMILES string of the molecule is Cc1ccc(C)c(-n2c(C)nnc2SCC(=O)N2CCC(C(=O)c3ccccc3)CC2)c1. The largest absolute Gasteiger partial charge is 0.342 e. The Bertz CT molecular complexity index is 1120. The van der Waals surface area contributed by atoms with Crippen LogP contribution in [-0.4, -0.2) is 50.2 Å². The van der Waals surface area contributed by atoms with Crippen LogP contribution < -0.4 is 0 Å². The van der Waals surface area contributed by atoms with E-state index in [9.17, 15) is 9.59 Å². The number of Topliss-reactive ketones (excluding diaryl/α,β-unsaturated/α-hetero) is 1. The molecule has 0 bridgehead atoms. The number of ketones is 1. The number of nitrogens with zero attached hydrogens (tertiary/aromatic N) is 4. The van der Waals surface area contributed by atoms with Crippen molar-refractivity contribution >= 4 is 23.5 Å². The Morgan fingerprint density at radius 2 is 1.72 bits per heavy atom. The molecular weight excluding hydrogens is 420 g/mol. The zero-order valence-corrected chi connectivity index (χ0v) is 19.6. The molecule has 1 saturated heterocycles. The molecule has 0 aliphatic carbocycles. The second kappa shape index (κ2) is 9.69. The molecule has 1 aromatic heterocycles. The van der Waals surface area contributed by atoms with Gasteiger partial charge in [0, 0.05) is 24.6 Å². The molecule has 1 amide bonds. The maximum Gasteiger partial charge on any atom is 0.233 e. The van der Waals surface area contributed by atoms with Gasteiger partial charge in [0.1, 0.15) is 5.82 Å². The highest BCUT2D eigenvalue weighted by Crippen LogP contribution is 2.26. The third kappa shape index (κ3) is 4.78. The van der Waals surface area contributed by atoms with Crippen molar-refractivity contribution < 1.29 is 9.59 Å². The van der Waals surface area contributed by atoms with Crippen LogP contribution in [0, 0.1) is 26.7 Å². The Hall–Kier alpha value is -2.93. The molecule has 2 aromatic carbocycles. The van der Waals surface area contributed by atoms with Crippen molar-refractivity contribution in [2.45, 2.75) is 38.8 Å². The number of carbonyl (C=O) groups is 2. The average Bonchev–Trinajstić information content (AvgIpc) is 3.19. The first-order valence-corrected chi connectivity index (χ1v) is 11.9. The van der Waals surface area contributed by atoms with Crippen molar-refractivity contribution in [1.29, 1.82) is 0 Å². The van der Waals surface area contributed by atoms with Crippen molar-refractivity contribution in [2.24, 2.45) is 5.92 Å². The number of hydrogen-bond donors (Lipinski definition) is 0. The fourth-order valence-corrected chi connectivity index (χ4v) is 5.01. The first-order valence-electron chi connectivity index (χ1n) is 10.9. The predicted octanol–water partition coefficient (Wildman–Crippen LogP) is 4.41. The van der Waals surface area contributed by atoms with Crippen LogP contribution >= 0.6 is 11.8 Å². The van der Waals surface area contributed by atoms with E-state index in [0.717, 1.165) is 27.8 Å². The zero-order valence-electron chi connectivity index (χ0n) is 18.7. The normalized spacial score (nSPS) is 14.5. The van der Waals surface area contributed by atoms with Crippen LogP contribution in [0.5, 0.6) is 0 Å². The molecule has 1 aliphatic heterocycles. The monoisotopic (exact) mass is 448 g/mol. The first-order chi connectivity index (χ1) is 15.4. The molecule has 7 heteroatoms. The topological polar surface area (TPSA) is 68.1 Å². The van der Waals surface area contributed by atoms with Gasteiger partial charge >= 0.3 is 0 Å². The third-order valence-electron chi connectivity index (χ3n) is 6.00. The highest BCUT2D eigenvalue weighted by atomic mass is 32.2. The number of rotatable bonds is 6. The van der Waals surface area contributed by atoms with Crippen LogP contribution in [0.4, 0.5) is 0 Å². The molecule has 32 heavy (non-hydrogen) atoms. The number of carbonyl (C=O) groups excluding carboxylic acids is 2.